The van der Waals surface area contributed by atoms with Crippen LogP contribution in [0.25, 0.3) is 11.0 Å². The van der Waals surface area contributed by atoms with Crippen molar-refractivity contribution < 1.29 is 4.79 Å². The molecule has 2 aromatic rings. The molecule has 1 aliphatic heterocycles. The number of amidine groups is 1. The minimum Gasteiger partial charge on any atom is -0.361 e. The highest BCUT2D eigenvalue weighted by molar-refractivity contribution is 6.42. The maximum absolute atomic E-state index is 11.9. The van der Waals surface area contributed by atoms with Gasteiger partial charge in [-0.05, 0) is 19.1 Å². The highest BCUT2D eigenvalue weighted by Gasteiger charge is 2.20. The van der Waals surface area contributed by atoms with Gasteiger partial charge >= 0.3 is 0 Å². The van der Waals surface area contributed by atoms with Gasteiger partial charge in [-0.3, -0.25) is 15.1 Å². The van der Waals surface area contributed by atoms with Crippen molar-refractivity contribution in [1.29, 1.82) is 0 Å². The number of para-hydroxylation sites is 2. The van der Waals surface area contributed by atoms with Crippen molar-refractivity contribution in [3.05, 3.63) is 24.3 Å². The maximum Gasteiger partial charge on any atom is 0.293 e. The molecule has 1 amide bonds. The molecule has 0 spiro atoms. The summed E-state index contributed by atoms with van der Waals surface area (Å²) in [6.07, 6.45) is 0. The van der Waals surface area contributed by atoms with Gasteiger partial charge in [0.15, 0.2) is 5.84 Å². The first kappa shape index (κ1) is 10.8. The van der Waals surface area contributed by atoms with Crippen molar-refractivity contribution in [3.8, 4) is 0 Å². The molecule has 0 saturated heterocycles. The van der Waals surface area contributed by atoms with Gasteiger partial charge in [-0.1, -0.05) is 12.1 Å². The summed E-state index contributed by atoms with van der Waals surface area (Å²) in [4.78, 5) is 23.3. The number of aromatic nitrogens is 2. The van der Waals surface area contributed by atoms with E-state index in [1.54, 1.807) is 0 Å². The topological polar surface area (TPSA) is 82.2 Å². The molecule has 1 unspecified atom stereocenters. The van der Waals surface area contributed by atoms with E-state index < -0.39 is 0 Å². The van der Waals surface area contributed by atoms with E-state index in [0.717, 1.165) is 11.0 Å². The Labute approximate surface area is 104 Å². The zero-order valence-corrected chi connectivity index (χ0v) is 9.90. The molecule has 18 heavy (non-hydrogen) atoms. The van der Waals surface area contributed by atoms with Crippen LogP contribution in [0.1, 0.15) is 6.92 Å². The molecule has 1 aromatic carbocycles. The fraction of sp³-hybridized carbons (Fsp3) is 0.250. The largest absolute Gasteiger partial charge is 0.361 e. The number of nitrogens with one attached hydrogen (secondary N) is 3. The number of amides is 1. The number of hydrogen-bond acceptors (Lipinski definition) is 4. The smallest absolute Gasteiger partial charge is 0.293 e. The Kier molecular flexibility index (Phi) is 2.47. The normalized spacial score (nSPS) is 18.5. The van der Waals surface area contributed by atoms with Gasteiger partial charge in [0.25, 0.3) is 5.91 Å². The Morgan fingerprint density at radius 2 is 2.28 bits per heavy atom. The number of hydrogen-bond donors (Lipinski definition) is 3. The molecule has 0 aliphatic carbocycles. The molecule has 1 aliphatic rings. The number of aliphatic imine (C=N–C) groups is 1. The number of carbonyl (C=O) groups is 1. The van der Waals surface area contributed by atoms with Crippen molar-refractivity contribution in [2.24, 2.45) is 4.99 Å². The minimum absolute atomic E-state index is 0.210. The second kappa shape index (κ2) is 4.14. The van der Waals surface area contributed by atoms with E-state index in [-0.39, 0.29) is 11.9 Å². The summed E-state index contributed by atoms with van der Waals surface area (Å²) in [6.45, 7) is 2.61. The predicted molar refractivity (Wildman–Crippen MR) is 69.6 cm³/mol. The van der Waals surface area contributed by atoms with Gasteiger partial charge in [-0.25, -0.2) is 4.98 Å². The Hall–Kier alpha value is -2.37. The summed E-state index contributed by atoms with van der Waals surface area (Å²) in [6, 6.07) is 7.82. The second-order valence-electron chi connectivity index (χ2n) is 4.29. The number of rotatable bonds is 2. The van der Waals surface area contributed by atoms with Gasteiger partial charge in [-0.2, -0.15) is 0 Å². The Balaban J connectivity index is 1.78. The summed E-state index contributed by atoms with van der Waals surface area (Å²) in [5, 5.41) is 5.70. The maximum atomic E-state index is 11.9. The minimum atomic E-state index is -0.265. The second-order valence-corrected chi connectivity index (χ2v) is 4.29. The third-order valence-corrected chi connectivity index (χ3v) is 2.74. The fourth-order valence-corrected chi connectivity index (χ4v) is 1.87. The Morgan fingerprint density at radius 1 is 1.44 bits per heavy atom. The van der Waals surface area contributed by atoms with Crippen molar-refractivity contribution in [1.82, 2.24) is 15.3 Å². The van der Waals surface area contributed by atoms with E-state index in [1.807, 2.05) is 31.2 Å². The molecule has 0 bridgehead atoms. The molecule has 1 aromatic heterocycles. The summed E-state index contributed by atoms with van der Waals surface area (Å²) in [5.74, 6) is 0.534. The van der Waals surface area contributed by atoms with E-state index in [2.05, 4.69) is 25.6 Å². The molecule has 0 saturated carbocycles. The van der Waals surface area contributed by atoms with Crippen molar-refractivity contribution >= 4 is 28.7 Å². The molecule has 0 fully saturated rings. The zero-order valence-electron chi connectivity index (χ0n) is 9.90. The quantitative estimate of drug-likeness (QED) is 0.732. The SMILES string of the molecule is CC1CN=C(C(=O)Nc2nc3ccccc3[nH]2)N1. The monoisotopic (exact) mass is 243 g/mol. The highest BCUT2D eigenvalue weighted by Crippen LogP contribution is 2.13. The van der Waals surface area contributed by atoms with Gasteiger partial charge in [0.2, 0.25) is 5.95 Å². The molecule has 0 radical (unpaired) electrons. The molecule has 92 valence electrons. The van der Waals surface area contributed by atoms with E-state index in [9.17, 15) is 4.79 Å². The van der Waals surface area contributed by atoms with Crippen molar-refractivity contribution in [2.45, 2.75) is 13.0 Å². The third-order valence-electron chi connectivity index (χ3n) is 2.74. The fourth-order valence-electron chi connectivity index (χ4n) is 1.87. The number of nitrogens with zero attached hydrogens (tertiary/aromatic N) is 2. The molecule has 3 rings (SSSR count). The van der Waals surface area contributed by atoms with Crippen LogP contribution in [0.4, 0.5) is 5.95 Å². The molecule has 6 nitrogen and oxygen atoms in total. The number of carbonyl (C=O) groups excluding carboxylic acids is 1. The van der Waals surface area contributed by atoms with Gasteiger partial charge in [-0.15, -0.1) is 0 Å². The van der Waals surface area contributed by atoms with Crippen molar-refractivity contribution in [3.63, 3.8) is 0 Å². The summed E-state index contributed by atoms with van der Waals surface area (Å²) >= 11 is 0. The van der Waals surface area contributed by atoms with E-state index >= 15 is 0 Å². The van der Waals surface area contributed by atoms with Crippen LogP contribution in [0.2, 0.25) is 0 Å². The lowest BCUT2D eigenvalue weighted by Crippen LogP contribution is -2.36. The lowest BCUT2D eigenvalue weighted by Gasteiger charge is -2.04. The molecule has 1 atom stereocenters. The Morgan fingerprint density at radius 3 is 3.00 bits per heavy atom. The number of imidazole rings is 1. The molecular weight excluding hydrogens is 230 g/mol. The summed E-state index contributed by atoms with van der Waals surface area (Å²) < 4.78 is 0. The number of benzene rings is 1. The van der Waals surface area contributed by atoms with Gasteiger partial charge in [0.05, 0.1) is 17.6 Å². The summed E-state index contributed by atoms with van der Waals surface area (Å²) in [7, 11) is 0. The lowest BCUT2D eigenvalue weighted by molar-refractivity contribution is -0.110. The van der Waals surface area contributed by atoms with Gasteiger partial charge in [0.1, 0.15) is 0 Å². The number of H-pyrrole nitrogens is 1. The predicted octanol–water partition coefficient (Wildman–Crippen LogP) is 0.892. The first-order valence-electron chi connectivity index (χ1n) is 5.79. The molecule has 3 N–H and O–H groups in total. The van der Waals surface area contributed by atoms with Crippen LogP contribution < -0.4 is 10.6 Å². The number of aromatic amines is 1. The molecule has 2 heterocycles. The van der Waals surface area contributed by atoms with Crippen LogP contribution in [0.15, 0.2) is 29.3 Å². The average molecular weight is 243 g/mol. The first-order chi connectivity index (χ1) is 8.72. The molecule has 6 heteroatoms. The van der Waals surface area contributed by atoms with E-state index in [0.29, 0.717) is 18.3 Å². The van der Waals surface area contributed by atoms with Gasteiger partial charge in [0, 0.05) is 6.04 Å². The Bertz CT molecular complexity index is 597. The van der Waals surface area contributed by atoms with E-state index in [4.69, 9.17) is 0 Å². The van der Waals surface area contributed by atoms with Crippen LogP contribution in [0, 0.1) is 0 Å². The van der Waals surface area contributed by atoms with Crippen LogP contribution in [0.5, 0.6) is 0 Å². The number of anilines is 1. The average Bonchev–Trinajstić information content (AvgIpc) is 2.94. The van der Waals surface area contributed by atoms with Crippen LogP contribution in [-0.4, -0.2) is 34.3 Å². The van der Waals surface area contributed by atoms with Crippen molar-refractivity contribution in [2.75, 3.05) is 11.9 Å². The lowest BCUT2D eigenvalue weighted by atomic mass is 10.3. The standard InChI is InChI=1S/C12H13N5O/c1-7-6-13-10(14-7)11(18)17-12-15-8-4-2-3-5-9(8)16-12/h2-5,7H,6H2,1H3,(H,13,14)(H2,15,16,17,18). The van der Waals surface area contributed by atoms with Gasteiger partial charge < -0.3 is 10.3 Å². The zero-order chi connectivity index (χ0) is 12.5. The van der Waals surface area contributed by atoms with Crippen LogP contribution in [-0.2, 0) is 4.79 Å². The van der Waals surface area contributed by atoms with Crippen LogP contribution >= 0.6 is 0 Å². The third kappa shape index (κ3) is 1.92. The highest BCUT2D eigenvalue weighted by atomic mass is 16.2. The number of fused-ring (bicyclic) bond motifs is 1. The first-order valence-corrected chi connectivity index (χ1v) is 5.79. The summed E-state index contributed by atoms with van der Waals surface area (Å²) in [5.41, 5.74) is 1.71. The van der Waals surface area contributed by atoms with Crippen LogP contribution in [0.3, 0.4) is 0 Å². The molecular formula is C12H13N5O. The van der Waals surface area contributed by atoms with E-state index in [1.165, 1.54) is 0 Å².